The molecule has 0 heterocycles. The predicted octanol–water partition coefficient (Wildman–Crippen LogP) is 25.9. The lowest BCUT2D eigenvalue weighted by Gasteiger charge is -2.18. The van der Waals surface area contributed by atoms with Crippen LogP contribution in [0.5, 0.6) is 0 Å². The molecule has 0 aromatic rings. The van der Waals surface area contributed by atoms with E-state index < -0.39 is 6.10 Å². The number of esters is 3. The molecular formula is C77H144O6. The van der Waals surface area contributed by atoms with Gasteiger partial charge in [0.2, 0.25) is 0 Å². The van der Waals surface area contributed by atoms with Gasteiger partial charge >= 0.3 is 17.9 Å². The zero-order chi connectivity index (χ0) is 59.9. The molecule has 0 aromatic heterocycles. The fourth-order valence-electron chi connectivity index (χ4n) is 11.5. The van der Waals surface area contributed by atoms with Crippen molar-refractivity contribution < 1.29 is 28.6 Å². The van der Waals surface area contributed by atoms with Crippen LogP contribution < -0.4 is 0 Å². The lowest BCUT2D eigenvalue weighted by Crippen LogP contribution is -2.30. The molecule has 0 bridgehead atoms. The van der Waals surface area contributed by atoms with E-state index >= 15 is 0 Å². The quantitative estimate of drug-likeness (QED) is 0.0261. The average Bonchev–Trinajstić information content (AvgIpc) is 3.49. The molecule has 0 aliphatic rings. The Morgan fingerprint density at radius 3 is 0.675 bits per heavy atom. The van der Waals surface area contributed by atoms with Gasteiger partial charge in [-0.1, -0.05) is 359 Å². The first-order valence-corrected chi connectivity index (χ1v) is 37.5. The highest BCUT2D eigenvalue weighted by Gasteiger charge is 2.20. The number of carbonyl (C=O) groups is 3. The van der Waals surface area contributed by atoms with Gasteiger partial charge in [-0.2, -0.15) is 0 Å². The fourth-order valence-corrected chi connectivity index (χ4v) is 11.5. The first kappa shape index (κ1) is 80.6. The van der Waals surface area contributed by atoms with Crippen LogP contribution in [0.25, 0.3) is 0 Å². The zero-order valence-corrected chi connectivity index (χ0v) is 56.2. The Bertz CT molecular complexity index is 1380. The van der Waals surface area contributed by atoms with Gasteiger partial charge in [-0.15, -0.1) is 0 Å². The third kappa shape index (κ3) is 70.3. The SMILES string of the molecule is CCCCCCC/C=C\C/C=C\CCCCCCCCCCCC(=O)OC(COC(=O)CCCCCCCCCCCCCCC)COC(=O)CCCCCCCCCCCCCCCCCCCCC/C=C\CCCCCCCCCC. The molecule has 0 saturated carbocycles. The van der Waals surface area contributed by atoms with Gasteiger partial charge in [0, 0.05) is 19.3 Å². The molecule has 0 aromatic carbocycles. The Hall–Kier alpha value is -2.37. The molecule has 1 atom stereocenters. The van der Waals surface area contributed by atoms with E-state index in [0.717, 1.165) is 64.2 Å². The highest BCUT2D eigenvalue weighted by molar-refractivity contribution is 5.71. The van der Waals surface area contributed by atoms with Gasteiger partial charge in [-0.25, -0.2) is 0 Å². The van der Waals surface area contributed by atoms with Crippen molar-refractivity contribution in [3.8, 4) is 0 Å². The largest absolute Gasteiger partial charge is 0.462 e. The van der Waals surface area contributed by atoms with Crippen LogP contribution in [0.1, 0.15) is 419 Å². The molecule has 0 rings (SSSR count). The van der Waals surface area contributed by atoms with Crippen molar-refractivity contribution >= 4 is 17.9 Å². The smallest absolute Gasteiger partial charge is 0.306 e. The maximum atomic E-state index is 13.0. The number of unbranched alkanes of at least 4 members (excludes halogenated alkanes) is 53. The second-order valence-electron chi connectivity index (χ2n) is 25.6. The average molecular weight is 1170 g/mol. The van der Waals surface area contributed by atoms with E-state index in [1.807, 2.05) is 0 Å². The number of ether oxygens (including phenoxy) is 3. The summed E-state index contributed by atoms with van der Waals surface area (Å²) in [7, 11) is 0. The van der Waals surface area contributed by atoms with Gasteiger partial charge in [-0.3, -0.25) is 14.4 Å². The van der Waals surface area contributed by atoms with Crippen molar-refractivity contribution in [2.75, 3.05) is 13.2 Å². The predicted molar refractivity (Wildman–Crippen MR) is 362 cm³/mol. The topological polar surface area (TPSA) is 78.9 Å². The van der Waals surface area contributed by atoms with Crippen LogP contribution in [0.4, 0.5) is 0 Å². The lowest BCUT2D eigenvalue weighted by atomic mass is 10.0. The molecule has 0 aliphatic carbocycles. The second kappa shape index (κ2) is 72.1. The second-order valence-corrected chi connectivity index (χ2v) is 25.6. The van der Waals surface area contributed by atoms with E-state index in [4.69, 9.17) is 14.2 Å². The molecule has 0 spiro atoms. The third-order valence-corrected chi connectivity index (χ3v) is 17.1. The molecule has 0 aliphatic heterocycles. The van der Waals surface area contributed by atoms with Gasteiger partial charge in [0.15, 0.2) is 6.10 Å². The van der Waals surface area contributed by atoms with Gasteiger partial charge in [0.25, 0.3) is 0 Å². The van der Waals surface area contributed by atoms with E-state index in [1.54, 1.807) is 0 Å². The van der Waals surface area contributed by atoms with E-state index in [2.05, 4.69) is 57.2 Å². The molecule has 0 radical (unpaired) electrons. The van der Waals surface area contributed by atoms with Gasteiger partial charge in [0.1, 0.15) is 13.2 Å². The first-order chi connectivity index (χ1) is 41.0. The van der Waals surface area contributed by atoms with Crippen molar-refractivity contribution in [3.63, 3.8) is 0 Å². The zero-order valence-electron chi connectivity index (χ0n) is 56.2. The van der Waals surface area contributed by atoms with Gasteiger partial charge in [0.05, 0.1) is 0 Å². The molecule has 1 unspecified atom stereocenters. The Morgan fingerprint density at radius 1 is 0.241 bits per heavy atom. The molecule has 488 valence electrons. The number of rotatable bonds is 70. The van der Waals surface area contributed by atoms with Crippen LogP contribution in [0.15, 0.2) is 36.5 Å². The highest BCUT2D eigenvalue weighted by atomic mass is 16.6. The summed E-state index contributed by atoms with van der Waals surface area (Å²) in [5.41, 5.74) is 0. The molecule has 0 saturated heterocycles. The van der Waals surface area contributed by atoms with E-state index in [9.17, 15) is 14.4 Å². The maximum Gasteiger partial charge on any atom is 0.306 e. The fraction of sp³-hybridized carbons (Fsp3) is 0.883. The van der Waals surface area contributed by atoms with Crippen molar-refractivity contribution in [1.82, 2.24) is 0 Å². The molecule has 0 amide bonds. The van der Waals surface area contributed by atoms with Crippen LogP contribution in [-0.2, 0) is 28.6 Å². The number of hydrogen-bond donors (Lipinski definition) is 0. The molecule has 6 heteroatoms. The number of hydrogen-bond acceptors (Lipinski definition) is 6. The van der Waals surface area contributed by atoms with Gasteiger partial charge < -0.3 is 14.2 Å². The normalized spacial score (nSPS) is 12.2. The van der Waals surface area contributed by atoms with E-state index in [-0.39, 0.29) is 31.1 Å². The third-order valence-electron chi connectivity index (χ3n) is 17.1. The minimum atomic E-state index is -0.772. The standard InChI is InChI=1S/C77H144O6/c1-4-7-10-13-16-19-22-25-27-29-31-33-34-35-36-37-38-39-40-41-42-44-45-47-49-52-55-58-61-64-67-70-76(79)82-73-74(72-81-75(78)69-66-63-60-57-54-51-24-21-18-15-12-9-6-3)83-77(80)71-68-65-62-59-56-53-50-48-46-43-32-30-28-26-23-20-17-14-11-8-5-2/h23,26,29-32,74H,4-22,24-25,27-28,33-73H2,1-3H3/b26-23-,31-29-,32-30-. The Morgan fingerprint density at radius 2 is 0.434 bits per heavy atom. The van der Waals surface area contributed by atoms with Crippen LogP contribution >= 0.6 is 0 Å². The minimum Gasteiger partial charge on any atom is -0.462 e. The molecular weight excluding hydrogens is 1020 g/mol. The highest BCUT2D eigenvalue weighted by Crippen LogP contribution is 2.19. The lowest BCUT2D eigenvalue weighted by molar-refractivity contribution is -0.167. The number of carbonyl (C=O) groups excluding carboxylic acids is 3. The molecule has 0 N–H and O–H groups in total. The number of allylic oxidation sites excluding steroid dienone is 6. The molecule has 6 nitrogen and oxygen atoms in total. The summed E-state index contributed by atoms with van der Waals surface area (Å²) in [6.07, 6.45) is 90.5. The van der Waals surface area contributed by atoms with Crippen molar-refractivity contribution in [2.45, 2.75) is 425 Å². The summed E-state index contributed by atoms with van der Waals surface area (Å²) in [6.45, 7) is 6.70. The minimum absolute atomic E-state index is 0.0679. The summed E-state index contributed by atoms with van der Waals surface area (Å²) >= 11 is 0. The van der Waals surface area contributed by atoms with Crippen LogP contribution in [0.3, 0.4) is 0 Å². The van der Waals surface area contributed by atoms with Crippen molar-refractivity contribution in [3.05, 3.63) is 36.5 Å². The van der Waals surface area contributed by atoms with E-state index in [0.29, 0.717) is 19.3 Å². The summed E-state index contributed by atoms with van der Waals surface area (Å²) in [6, 6.07) is 0. The molecule has 0 fully saturated rings. The van der Waals surface area contributed by atoms with Gasteiger partial charge in [-0.05, 0) is 77.0 Å². The summed E-state index contributed by atoms with van der Waals surface area (Å²) < 4.78 is 17.0. The van der Waals surface area contributed by atoms with E-state index in [1.165, 1.54) is 315 Å². The first-order valence-electron chi connectivity index (χ1n) is 37.5. The maximum absolute atomic E-state index is 13.0. The Labute approximate surface area is 518 Å². The summed E-state index contributed by atoms with van der Waals surface area (Å²) in [5.74, 6) is -0.840. The summed E-state index contributed by atoms with van der Waals surface area (Å²) in [5, 5.41) is 0. The Kier molecular flexibility index (Phi) is 70.0. The van der Waals surface area contributed by atoms with Crippen molar-refractivity contribution in [1.29, 1.82) is 0 Å². The Balaban J connectivity index is 4.16. The van der Waals surface area contributed by atoms with Crippen LogP contribution in [-0.4, -0.2) is 37.2 Å². The molecule has 83 heavy (non-hydrogen) atoms. The van der Waals surface area contributed by atoms with Crippen LogP contribution in [0.2, 0.25) is 0 Å². The van der Waals surface area contributed by atoms with Crippen LogP contribution in [0, 0.1) is 0 Å². The van der Waals surface area contributed by atoms with Crippen molar-refractivity contribution in [2.24, 2.45) is 0 Å². The summed E-state index contributed by atoms with van der Waals surface area (Å²) in [4.78, 5) is 38.5. The monoisotopic (exact) mass is 1170 g/mol.